The molecule has 84 valence electrons. The molecule has 1 aliphatic rings. The van der Waals surface area contributed by atoms with Crippen LogP contribution in [-0.4, -0.2) is 20.8 Å². The minimum absolute atomic E-state index is 0.0573. The monoisotopic (exact) mass is 220 g/mol. The predicted molar refractivity (Wildman–Crippen MR) is 56.6 cm³/mol. The first kappa shape index (κ1) is 12.0. The number of hydrogen-bond donors (Lipinski definition) is 0. The zero-order valence-corrected chi connectivity index (χ0v) is 9.85. The van der Waals surface area contributed by atoms with E-state index in [9.17, 15) is 8.42 Å². The van der Waals surface area contributed by atoms with Gasteiger partial charge in [0, 0.05) is 0 Å². The second-order valence-corrected chi connectivity index (χ2v) is 5.83. The summed E-state index contributed by atoms with van der Waals surface area (Å²) in [6, 6.07) is 0. The maximum absolute atomic E-state index is 10.9. The van der Waals surface area contributed by atoms with Crippen LogP contribution in [0.1, 0.15) is 45.4 Å². The SMILES string of the molecule is CCCC1CCC(OS(C)(=O)=O)CC1. The summed E-state index contributed by atoms with van der Waals surface area (Å²) in [5.41, 5.74) is 0. The van der Waals surface area contributed by atoms with Gasteiger partial charge in [-0.05, 0) is 31.6 Å². The summed E-state index contributed by atoms with van der Waals surface area (Å²) in [7, 11) is -3.25. The normalized spacial score (nSPS) is 29.0. The Labute approximate surface area is 87.0 Å². The van der Waals surface area contributed by atoms with Gasteiger partial charge in [-0.1, -0.05) is 19.8 Å². The zero-order chi connectivity index (χ0) is 10.6. The lowest BCUT2D eigenvalue weighted by Crippen LogP contribution is -2.24. The van der Waals surface area contributed by atoms with E-state index in [1.165, 1.54) is 12.8 Å². The third-order valence-electron chi connectivity index (χ3n) is 2.80. The van der Waals surface area contributed by atoms with Gasteiger partial charge in [-0.25, -0.2) is 0 Å². The minimum atomic E-state index is -3.25. The zero-order valence-electron chi connectivity index (χ0n) is 9.03. The van der Waals surface area contributed by atoms with E-state index in [0.717, 1.165) is 37.9 Å². The third-order valence-corrected chi connectivity index (χ3v) is 3.42. The molecule has 0 radical (unpaired) electrons. The molecule has 0 saturated heterocycles. The molecule has 0 heterocycles. The molecule has 0 amide bonds. The maximum Gasteiger partial charge on any atom is 0.264 e. The molecule has 1 fully saturated rings. The Morgan fingerprint density at radius 3 is 2.21 bits per heavy atom. The Balaban J connectivity index is 2.29. The van der Waals surface area contributed by atoms with Crippen molar-refractivity contribution in [1.29, 1.82) is 0 Å². The van der Waals surface area contributed by atoms with E-state index in [1.807, 2.05) is 0 Å². The minimum Gasteiger partial charge on any atom is -0.267 e. The topological polar surface area (TPSA) is 43.4 Å². The quantitative estimate of drug-likeness (QED) is 0.683. The molecule has 0 spiro atoms. The molecule has 1 saturated carbocycles. The fraction of sp³-hybridized carbons (Fsp3) is 1.00. The van der Waals surface area contributed by atoms with Crippen LogP contribution in [0.5, 0.6) is 0 Å². The van der Waals surface area contributed by atoms with Gasteiger partial charge >= 0.3 is 0 Å². The Bertz CT molecular complexity index is 251. The van der Waals surface area contributed by atoms with Gasteiger partial charge in [0.15, 0.2) is 0 Å². The van der Waals surface area contributed by atoms with Crippen molar-refractivity contribution in [1.82, 2.24) is 0 Å². The van der Waals surface area contributed by atoms with Gasteiger partial charge in [0.1, 0.15) is 0 Å². The predicted octanol–water partition coefficient (Wildman–Crippen LogP) is 2.32. The molecule has 14 heavy (non-hydrogen) atoms. The molecule has 3 nitrogen and oxygen atoms in total. The van der Waals surface area contributed by atoms with Crippen molar-refractivity contribution in [2.75, 3.05) is 6.26 Å². The standard InChI is InChI=1S/C10H20O3S/c1-3-4-9-5-7-10(8-6-9)13-14(2,11)12/h9-10H,3-8H2,1-2H3. The van der Waals surface area contributed by atoms with Crippen LogP contribution in [0.2, 0.25) is 0 Å². The molecule has 0 N–H and O–H groups in total. The van der Waals surface area contributed by atoms with Crippen LogP contribution in [-0.2, 0) is 14.3 Å². The van der Waals surface area contributed by atoms with E-state index < -0.39 is 10.1 Å². The average molecular weight is 220 g/mol. The van der Waals surface area contributed by atoms with Crippen molar-refractivity contribution in [2.24, 2.45) is 5.92 Å². The third kappa shape index (κ3) is 4.42. The summed E-state index contributed by atoms with van der Waals surface area (Å²) in [6.45, 7) is 2.19. The molecule has 0 aromatic heterocycles. The maximum atomic E-state index is 10.9. The van der Waals surface area contributed by atoms with Crippen molar-refractivity contribution in [3.05, 3.63) is 0 Å². The summed E-state index contributed by atoms with van der Waals surface area (Å²) in [6.07, 6.45) is 7.61. The van der Waals surface area contributed by atoms with Crippen LogP contribution in [0.4, 0.5) is 0 Å². The largest absolute Gasteiger partial charge is 0.267 e. The first-order valence-corrected chi connectivity index (χ1v) is 7.21. The molecule has 1 aliphatic carbocycles. The highest BCUT2D eigenvalue weighted by atomic mass is 32.2. The number of hydrogen-bond acceptors (Lipinski definition) is 3. The highest BCUT2D eigenvalue weighted by molar-refractivity contribution is 7.86. The molecule has 0 aromatic carbocycles. The Morgan fingerprint density at radius 1 is 1.21 bits per heavy atom. The first-order valence-electron chi connectivity index (χ1n) is 5.39. The highest BCUT2D eigenvalue weighted by Crippen LogP contribution is 2.29. The van der Waals surface area contributed by atoms with E-state index in [2.05, 4.69) is 6.92 Å². The van der Waals surface area contributed by atoms with Gasteiger partial charge in [0.2, 0.25) is 0 Å². The second-order valence-electron chi connectivity index (χ2n) is 4.23. The molecule has 0 bridgehead atoms. The van der Waals surface area contributed by atoms with Crippen LogP contribution in [0.3, 0.4) is 0 Å². The number of rotatable bonds is 4. The van der Waals surface area contributed by atoms with E-state index in [4.69, 9.17) is 4.18 Å². The average Bonchev–Trinajstić information content (AvgIpc) is 2.06. The van der Waals surface area contributed by atoms with Crippen LogP contribution in [0, 0.1) is 5.92 Å². The van der Waals surface area contributed by atoms with Crippen LogP contribution in [0.25, 0.3) is 0 Å². The van der Waals surface area contributed by atoms with E-state index in [0.29, 0.717) is 0 Å². The lowest BCUT2D eigenvalue weighted by molar-refractivity contribution is 0.135. The highest BCUT2D eigenvalue weighted by Gasteiger charge is 2.23. The Hall–Kier alpha value is -0.0900. The Kier molecular flexibility index (Phi) is 4.38. The lowest BCUT2D eigenvalue weighted by atomic mass is 9.85. The van der Waals surface area contributed by atoms with Crippen molar-refractivity contribution in [2.45, 2.75) is 51.6 Å². The van der Waals surface area contributed by atoms with Crippen LogP contribution < -0.4 is 0 Å². The summed E-state index contributed by atoms with van der Waals surface area (Å²) < 4.78 is 26.7. The molecule has 0 atom stereocenters. The van der Waals surface area contributed by atoms with Crippen LogP contribution in [0.15, 0.2) is 0 Å². The molecular weight excluding hydrogens is 200 g/mol. The Morgan fingerprint density at radius 2 is 1.79 bits per heavy atom. The second kappa shape index (κ2) is 5.12. The molecule has 4 heteroatoms. The van der Waals surface area contributed by atoms with Gasteiger partial charge in [-0.2, -0.15) is 8.42 Å². The van der Waals surface area contributed by atoms with E-state index in [1.54, 1.807) is 0 Å². The van der Waals surface area contributed by atoms with Gasteiger partial charge in [-0.15, -0.1) is 0 Å². The summed E-state index contributed by atoms with van der Waals surface area (Å²) in [5, 5.41) is 0. The summed E-state index contributed by atoms with van der Waals surface area (Å²) >= 11 is 0. The van der Waals surface area contributed by atoms with Crippen molar-refractivity contribution < 1.29 is 12.6 Å². The van der Waals surface area contributed by atoms with E-state index in [-0.39, 0.29) is 6.10 Å². The smallest absolute Gasteiger partial charge is 0.264 e. The van der Waals surface area contributed by atoms with Gasteiger partial charge in [0.05, 0.1) is 12.4 Å². The van der Waals surface area contributed by atoms with E-state index >= 15 is 0 Å². The molecule has 1 rings (SSSR count). The van der Waals surface area contributed by atoms with Crippen molar-refractivity contribution in [3.8, 4) is 0 Å². The van der Waals surface area contributed by atoms with Crippen molar-refractivity contribution >= 4 is 10.1 Å². The summed E-state index contributed by atoms with van der Waals surface area (Å²) in [4.78, 5) is 0. The van der Waals surface area contributed by atoms with Crippen molar-refractivity contribution in [3.63, 3.8) is 0 Å². The van der Waals surface area contributed by atoms with Gasteiger partial charge in [-0.3, -0.25) is 4.18 Å². The van der Waals surface area contributed by atoms with Crippen LogP contribution >= 0.6 is 0 Å². The van der Waals surface area contributed by atoms with Gasteiger partial charge in [0.25, 0.3) is 10.1 Å². The molecular formula is C10H20O3S. The first-order chi connectivity index (χ1) is 6.51. The lowest BCUT2D eigenvalue weighted by Gasteiger charge is -2.27. The summed E-state index contributed by atoms with van der Waals surface area (Å²) in [5.74, 6) is 0.791. The van der Waals surface area contributed by atoms with Gasteiger partial charge < -0.3 is 0 Å². The fourth-order valence-corrected chi connectivity index (χ4v) is 2.86. The fourth-order valence-electron chi connectivity index (χ4n) is 2.17. The molecule has 0 aliphatic heterocycles. The molecule has 0 aromatic rings. The molecule has 0 unspecified atom stereocenters.